The predicted octanol–water partition coefficient (Wildman–Crippen LogP) is 2.68. The summed E-state index contributed by atoms with van der Waals surface area (Å²) in [6.07, 6.45) is 0.786. The van der Waals surface area contributed by atoms with Crippen LogP contribution in [-0.2, 0) is 13.0 Å². The lowest BCUT2D eigenvalue weighted by atomic mass is 10.1. The molecule has 0 saturated heterocycles. The van der Waals surface area contributed by atoms with Gasteiger partial charge in [-0.2, -0.15) is 0 Å². The topological polar surface area (TPSA) is 87.6 Å². The van der Waals surface area contributed by atoms with E-state index in [1.54, 1.807) is 19.2 Å². The van der Waals surface area contributed by atoms with Crippen LogP contribution in [0.25, 0.3) is 0 Å². The van der Waals surface area contributed by atoms with Crippen molar-refractivity contribution in [2.45, 2.75) is 13.0 Å². The third-order valence-corrected chi connectivity index (χ3v) is 3.22. The number of benzene rings is 2. The van der Waals surface area contributed by atoms with Gasteiger partial charge in [-0.1, -0.05) is 6.07 Å². The first kappa shape index (κ1) is 15.8. The second-order valence-electron chi connectivity index (χ2n) is 4.72. The molecule has 0 atom stereocenters. The Balaban J connectivity index is 2.09. The van der Waals surface area contributed by atoms with Crippen LogP contribution in [0.1, 0.15) is 11.1 Å². The molecule has 22 heavy (non-hydrogen) atoms. The highest BCUT2D eigenvalue weighted by atomic mass is 16.6. The van der Waals surface area contributed by atoms with E-state index in [0.29, 0.717) is 18.9 Å². The fourth-order valence-electron chi connectivity index (χ4n) is 2.09. The van der Waals surface area contributed by atoms with Gasteiger partial charge < -0.3 is 15.2 Å². The summed E-state index contributed by atoms with van der Waals surface area (Å²) >= 11 is 0. The van der Waals surface area contributed by atoms with Gasteiger partial charge in [0.25, 0.3) is 5.69 Å². The van der Waals surface area contributed by atoms with Gasteiger partial charge in [-0.05, 0) is 42.8 Å². The lowest BCUT2D eigenvalue weighted by Gasteiger charge is -2.12. The van der Waals surface area contributed by atoms with E-state index < -0.39 is 4.92 Å². The quantitative estimate of drug-likeness (QED) is 0.627. The highest BCUT2D eigenvalue weighted by Crippen LogP contribution is 2.23. The van der Waals surface area contributed by atoms with Crippen LogP contribution < -0.4 is 15.2 Å². The summed E-state index contributed by atoms with van der Waals surface area (Å²) in [5, 5.41) is 10.6. The molecule has 0 spiro atoms. The Labute approximate surface area is 128 Å². The molecule has 0 aliphatic heterocycles. The molecule has 0 bridgehead atoms. The van der Waals surface area contributed by atoms with E-state index >= 15 is 0 Å². The van der Waals surface area contributed by atoms with Crippen LogP contribution in [0.15, 0.2) is 42.5 Å². The molecule has 0 unspecified atom stereocenters. The highest BCUT2D eigenvalue weighted by Gasteiger charge is 2.07. The van der Waals surface area contributed by atoms with Crippen molar-refractivity contribution in [1.29, 1.82) is 0 Å². The first-order valence-electron chi connectivity index (χ1n) is 6.87. The first-order chi connectivity index (χ1) is 10.6. The number of rotatable bonds is 7. The van der Waals surface area contributed by atoms with E-state index in [2.05, 4.69) is 0 Å². The molecule has 0 radical (unpaired) electrons. The van der Waals surface area contributed by atoms with Gasteiger partial charge in [0, 0.05) is 17.7 Å². The Hall–Kier alpha value is -2.60. The average molecular weight is 302 g/mol. The van der Waals surface area contributed by atoms with Gasteiger partial charge in [0.1, 0.15) is 18.1 Å². The minimum atomic E-state index is -0.441. The molecule has 0 heterocycles. The van der Waals surface area contributed by atoms with Gasteiger partial charge in [-0.25, -0.2) is 0 Å². The summed E-state index contributed by atoms with van der Waals surface area (Å²) in [6.45, 7) is 0.897. The monoisotopic (exact) mass is 302 g/mol. The molecule has 0 saturated carbocycles. The number of hydrogen-bond donors (Lipinski definition) is 1. The first-order valence-corrected chi connectivity index (χ1v) is 6.87. The summed E-state index contributed by atoms with van der Waals surface area (Å²) in [5.41, 5.74) is 7.63. The van der Waals surface area contributed by atoms with Crippen molar-refractivity contribution in [3.63, 3.8) is 0 Å². The van der Waals surface area contributed by atoms with Gasteiger partial charge in [0.2, 0.25) is 0 Å². The number of nitrogens with two attached hydrogens (primary N) is 1. The molecule has 2 rings (SSSR count). The number of ether oxygens (including phenoxy) is 2. The average Bonchev–Trinajstić information content (AvgIpc) is 2.54. The maximum Gasteiger partial charge on any atom is 0.269 e. The maximum atomic E-state index is 10.6. The van der Waals surface area contributed by atoms with Gasteiger partial charge in [-0.3, -0.25) is 10.1 Å². The molecular weight excluding hydrogens is 284 g/mol. The molecule has 6 heteroatoms. The summed E-state index contributed by atoms with van der Waals surface area (Å²) in [4.78, 5) is 10.2. The van der Waals surface area contributed by atoms with E-state index in [9.17, 15) is 10.1 Å². The number of nitro benzene ring substituents is 1. The summed E-state index contributed by atoms with van der Waals surface area (Å²) < 4.78 is 11.0. The van der Waals surface area contributed by atoms with Crippen molar-refractivity contribution in [3.8, 4) is 11.5 Å². The van der Waals surface area contributed by atoms with Crippen LogP contribution in [0.2, 0.25) is 0 Å². The van der Waals surface area contributed by atoms with E-state index in [1.165, 1.54) is 12.1 Å². The minimum absolute atomic E-state index is 0.0369. The number of nitro groups is 1. The molecule has 2 aromatic carbocycles. The largest absolute Gasteiger partial charge is 0.496 e. The molecular formula is C16H18N2O4. The minimum Gasteiger partial charge on any atom is -0.496 e. The zero-order chi connectivity index (χ0) is 15.9. The SMILES string of the molecule is COc1ccc(CCN)cc1COc1ccc([N+](=O)[O-])cc1. The molecule has 0 aliphatic carbocycles. The maximum absolute atomic E-state index is 10.6. The molecule has 0 aliphatic rings. The molecule has 0 amide bonds. The number of methoxy groups -OCH3 is 1. The molecule has 2 N–H and O–H groups in total. The van der Waals surface area contributed by atoms with Crippen LogP contribution in [0, 0.1) is 10.1 Å². The highest BCUT2D eigenvalue weighted by molar-refractivity contribution is 5.39. The zero-order valence-corrected chi connectivity index (χ0v) is 12.3. The molecule has 0 aromatic heterocycles. The zero-order valence-electron chi connectivity index (χ0n) is 12.3. The van der Waals surface area contributed by atoms with E-state index in [-0.39, 0.29) is 5.69 Å². The fourth-order valence-corrected chi connectivity index (χ4v) is 2.09. The third-order valence-electron chi connectivity index (χ3n) is 3.22. The van der Waals surface area contributed by atoms with Crippen molar-refractivity contribution >= 4 is 5.69 Å². The predicted molar refractivity (Wildman–Crippen MR) is 83.2 cm³/mol. The van der Waals surface area contributed by atoms with Crippen LogP contribution in [0.3, 0.4) is 0 Å². The second-order valence-corrected chi connectivity index (χ2v) is 4.72. The Kier molecular flexibility index (Phi) is 5.32. The number of nitrogens with zero attached hydrogens (tertiary/aromatic N) is 1. The Morgan fingerprint density at radius 3 is 2.50 bits per heavy atom. The van der Waals surface area contributed by atoms with Crippen molar-refractivity contribution < 1.29 is 14.4 Å². The third kappa shape index (κ3) is 3.95. The smallest absolute Gasteiger partial charge is 0.269 e. The van der Waals surface area contributed by atoms with Crippen molar-refractivity contribution in [2.75, 3.05) is 13.7 Å². The molecule has 0 fully saturated rings. The van der Waals surface area contributed by atoms with E-state index in [0.717, 1.165) is 23.3 Å². The number of non-ortho nitro benzene ring substituents is 1. The Morgan fingerprint density at radius 2 is 1.91 bits per heavy atom. The molecule has 6 nitrogen and oxygen atoms in total. The van der Waals surface area contributed by atoms with Crippen LogP contribution in [0.4, 0.5) is 5.69 Å². The van der Waals surface area contributed by atoms with E-state index in [1.807, 2.05) is 18.2 Å². The van der Waals surface area contributed by atoms with Crippen molar-refractivity contribution in [2.24, 2.45) is 5.73 Å². The summed E-state index contributed by atoms with van der Waals surface area (Å²) in [7, 11) is 1.60. The van der Waals surface area contributed by atoms with Gasteiger partial charge in [-0.15, -0.1) is 0 Å². The van der Waals surface area contributed by atoms with Crippen molar-refractivity contribution in [3.05, 3.63) is 63.7 Å². The van der Waals surface area contributed by atoms with Gasteiger partial charge in [0.15, 0.2) is 0 Å². The standard InChI is InChI=1S/C16H18N2O4/c1-21-16-7-2-12(8-9-17)10-13(16)11-22-15-5-3-14(4-6-15)18(19)20/h2-7,10H,8-9,11,17H2,1H3. The molecule has 2 aromatic rings. The van der Waals surface area contributed by atoms with Crippen LogP contribution in [0.5, 0.6) is 11.5 Å². The Bertz CT molecular complexity index is 641. The summed E-state index contributed by atoms with van der Waals surface area (Å²) in [5.74, 6) is 1.31. The second kappa shape index (κ2) is 7.42. The number of hydrogen-bond acceptors (Lipinski definition) is 5. The van der Waals surface area contributed by atoms with Gasteiger partial charge >= 0.3 is 0 Å². The lowest BCUT2D eigenvalue weighted by Crippen LogP contribution is -2.05. The van der Waals surface area contributed by atoms with Crippen molar-refractivity contribution in [1.82, 2.24) is 0 Å². The van der Waals surface area contributed by atoms with Crippen LogP contribution >= 0.6 is 0 Å². The molecule has 116 valence electrons. The van der Waals surface area contributed by atoms with Gasteiger partial charge in [0.05, 0.1) is 12.0 Å². The lowest BCUT2D eigenvalue weighted by molar-refractivity contribution is -0.384. The van der Waals surface area contributed by atoms with E-state index in [4.69, 9.17) is 15.2 Å². The fraction of sp³-hybridized carbons (Fsp3) is 0.250. The summed E-state index contributed by atoms with van der Waals surface area (Å²) in [6, 6.07) is 11.8. The Morgan fingerprint density at radius 1 is 1.18 bits per heavy atom. The van der Waals surface area contributed by atoms with Crippen LogP contribution in [-0.4, -0.2) is 18.6 Å². The normalized spacial score (nSPS) is 10.3.